The van der Waals surface area contributed by atoms with E-state index in [0.29, 0.717) is 6.04 Å². The van der Waals surface area contributed by atoms with Crippen LogP contribution < -0.4 is 0 Å². The predicted molar refractivity (Wildman–Crippen MR) is 101 cm³/mol. The number of rotatable bonds is 5. The Kier molecular flexibility index (Phi) is 5.10. The zero-order valence-corrected chi connectivity index (χ0v) is 15.9. The molecule has 3 aromatic rings. The van der Waals surface area contributed by atoms with Crippen LogP contribution in [0.3, 0.4) is 0 Å². The fourth-order valence-corrected chi connectivity index (χ4v) is 4.03. The molecule has 26 heavy (non-hydrogen) atoms. The highest BCUT2D eigenvalue weighted by Gasteiger charge is 2.26. The van der Waals surface area contributed by atoms with E-state index in [1.165, 1.54) is 17.3 Å². The van der Waals surface area contributed by atoms with Crippen molar-refractivity contribution in [1.82, 2.24) is 24.6 Å². The molecule has 1 saturated heterocycles. The topological polar surface area (TPSA) is 50.3 Å². The first-order chi connectivity index (χ1) is 12.7. The summed E-state index contributed by atoms with van der Waals surface area (Å²) in [7, 11) is 4.14. The van der Waals surface area contributed by atoms with Gasteiger partial charge in [0, 0.05) is 32.7 Å². The summed E-state index contributed by atoms with van der Waals surface area (Å²) in [5.41, 5.74) is 1.37. The number of aromatic nitrogens is 3. The summed E-state index contributed by atoms with van der Waals surface area (Å²) in [4.78, 5) is 4.90. The van der Waals surface area contributed by atoms with Crippen molar-refractivity contribution in [3.05, 3.63) is 60.1 Å². The Bertz CT molecular complexity index is 847. The maximum Gasteiger partial charge on any atom is 0.198 e. The highest BCUT2D eigenvalue weighted by atomic mass is 32.2. The third-order valence-corrected chi connectivity index (χ3v) is 5.77. The average molecular weight is 369 g/mol. The van der Waals surface area contributed by atoms with Crippen molar-refractivity contribution >= 4 is 11.8 Å². The van der Waals surface area contributed by atoms with Crippen LogP contribution in [0.2, 0.25) is 0 Å². The molecule has 2 aromatic heterocycles. The van der Waals surface area contributed by atoms with Gasteiger partial charge in [-0.15, -0.1) is 10.2 Å². The van der Waals surface area contributed by atoms with Crippen LogP contribution in [0.4, 0.5) is 0 Å². The Morgan fingerprint density at radius 2 is 1.96 bits per heavy atom. The number of nitrogens with zero attached hydrogens (tertiary/aromatic N) is 5. The molecule has 0 N–H and O–H groups in total. The van der Waals surface area contributed by atoms with Crippen LogP contribution in [0.15, 0.2) is 63.5 Å². The second kappa shape index (κ2) is 7.65. The number of hydrogen-bond donors (Lipinski definition) is 0. The number of benzene rings is 1. The summed E-state index contributed by atoms with van der Waals surface area (Å²) < 4.78 is 7.90. The van der Waals surface area contributed by atoms with Crippen molar-refractivity contribution in [3.63, 3.8) is 0 Å². The van der Waals surface area contributed by atoms with Gasteiger partial charge in [0.15, 0.2) is 10.2 Å². The molecule has 1 atom stereocenters. The van der Waals surface area contributed by atoms with Gasteiger partial charge in [0.25, 0.3) is 0 Å². The molecule has 136 valence electrons. The third-order valence-electron chi connectivity index (χ3n) is 4.79. The first kappa shape index (κ1) is 17.3. The van der Waals surface area contributed by atoms with Gasteiger partial charge in [-0.3, -0.25) is 9.80 Å². The predicted octanol–water partition coefficient (Wildman–Crippen LogP) is 3.05. The molecular weight excluding hydrogens is 346 g/mol. The van der Waals surface area contributed by atoms with E-state index in [0.717, 1.165) is 42.2 Å². The van der Waals surface area contributed by atoms with Gasteiger partial charge in [0.2, 0.25) is 0 Å². The van der Waals surface area contributed by atoms with Crippen molar-refractivity contribution in [1.29, 1.82) is 0 Å². The van der Waals surface area contributed by atoms with Gasteiger partial charge in [-0.1, -0.05) is 30.3 Å². The molecule has 1 fully saturated rings. The lowest BCUT2D eigenvalue weighted by atomic mass is 10.0. The second-order valence-electron chi connectivity index (χ2n) is 6.69. The zero-order valence-electron chi connectivity index (χ0n) is 15.1. The van der Waals surface area contributed by atoms with Crippen molar-refractivity contribution < 1.29 is 4.42 Å². The molecule has 1 aliphatic rings. The normalized spacial score (nSPS) is 19.1. The van der Waals surface area contributed by atoms with Crippen LogP contribution >= 0.6 is 11.8 Å². The van der Waals surface area contributed by atoms with E-state index >= 15 is 0 Å². The maximum absolute atomic E-state index is 6.01. The molecule has 6 nitrogen and oxygen atoms in total. The van der Waals surface area contributed by atoms with Crippen LogP contribution in [-0.2, 0) is 13.6 Å². The van der Waals surface area contributed by atoms with Crippen LogP contribution in [0.25, 0.3) is 0 Å². The minimum atomic E-state index is 0.424. The minimum absolute atomic E-state index is 0.424. The summed E-state index contributed by atoms with van der Waals surface area (Å²) in [6, 6.07) is 15.2. The summed E-state index contributed by atoms with van der Waals surface area (Å²) in [6.45, 7) is 3.94. The first-order valence-corrected chi connectivity index (χ1v) is 9.59. The van der Waals surface area contributed by atoms with Gasteiger partial charge < -0.3 is 8.98 Å². The number of aryl methyl sites for hydroxylation is 1. The Hall–Kier alpha value is -2.09. The molecule has 1 aliphatic heterocycles. The van der Waals surface area contributed by atoms with E-state index in [-0.39, 0.29) is 0 Å². The van der Waals surface area contributed by atoms with Gasteiger partial charge in [-0.25, -0.2) is 0 Å². The Labute approximate surface area is 157 Å². The van der Waals surface area contributed by atoms with E-state index < -0.39 is 0 Å². The molecule has 7 heteroatoms. The van der Waals surface area contributed by atoms with Gasteiger partial charge >= 0.3 is 0 Å². The van der Waals surface area contributed by atoms with E-state index in [2.05, 4.69) is 63.4 Å². The van der Waals surface area contributed by atoms with Crippen LogP contribution in [0, 0.1) is 0 Å². The highest BCUT2D eigenvalue weighted by molar-refractivity contribution is 7.99. The summed E-state index contributed by atoms with van der Waals surface area (Å²) in [5, 5.41) is 9.67. The second-order valence-corrected chi connectivity index (χ2v) is 7.66. The first-order valence-electron chi connectivity index (χ1n) is 8.77. The fraction of sp³-hybridized carbons (Fsp3) is 0.368. The molecule has 4 rings (SSSR count). The molecule has 3 heterocycles. The molecule has 0 amide bonds. The standard InChI is InChI=1S/C19H23N5OS/c1-22-10-11-24(13-17(22)15-6-4-3-5-7-15)12-16-8-9-18(25-16)26-19-21-20-14-23(19)2/h3-9,14,17H,10-13H2,1-2H3/t17-/m1/s1. The average Bonchev–Trinajstić information content (AvgIpc) is 3.27. The van der Waals surface area contributed by atoms with Crippen molar-refractivity contribution in [2.24, 2.45) is 7.05 Å². The van der Waals surface area contributed by atoms with Crippen molar-refractivity contribution in [2.75, 3.05) is 26.7 Å². The molecule has 0 unspecified atom stereocenters. The van der Waals surface area contributed by atoms with Gasteiger partial charge in [0.05, 0.1) is 6.54 Å². The minimum Gasteiger partial charge on any atom is -0.453 e. The molecule has 0 radical (unpaired) electrons. The van der Waals surface area contributed by atoms with Crippen LogP contribution in [-0.4, -0.2) is 51.2 Å². The van der Waals surface area contributed by atoms with E-state index in [9.17, 15) is 0 Å². The molecule has 0 bridgehead atoms. The lowest BCUT2D eigenvalue weighted by molar-refractivity contribution is 0.0846. The third kappa shape index (κ3) is 3.85. The zero-order chi connectivity index (χ0) is 17.9. The largest absolute Gasteiger partial charge is 0.453 e. The lowest BCUT2D eigenvalue weighted by Crippen LogP contribution is -2.46. The quantitative estimate of drug-likeness (QED) is 0.689. The monoisotopic (exact) mass is 369 g/mol. The van der Waals surface area contributed by atoms with E-state index in [4.69, 9.17) is 4.42 Å². The number of hydrogen-bond acceptors (Lipinski definition) is 6. The Balaban J connectivity index is 1.40. The molecule has 0 aliphatic carbocycles. The van der Waals surface area contributed by atoms with Crippen LogP contribution in [0.5, 0.6) is 0 Å². The maximum atomic E-state index is 6.01. The summed E-state index contributed by atoms with van der Waals surface area (Å²) in [6.07, 6.45) is 1.69. The smallest absolute Gasteiger partial charge is 0.198 e. The van der Waals surface area contributed by atoms with Gasteiger partial charge in [-0.2, -0.15) is 0 Å². The fourth-order valence-electron chi connectivity index (χ4n) is 3.28. The van der Waals surface area contributed by atoms with Crippen molar-refractivity contribution in [3.8, 4) is 0 Å². The number of piperazine rings is 1. The molecule has 0 saturated carbocycles. The van der Waals surface area contributed by atoms with Crippen LogP contribution in [0.1, 0.15) is 17.4 Å². The van der Waals surface area contributed by atoms with E-state index in [1.807, 2.05) is 17.7 Å². The Morgan fingerprint density at radius 3 is 2.73 bits per heavy atom. The Morgan fingerprint density at radius 1 is 1.12 bits per heavy atom. The molecule has 1 aromatic carbocycles. The lowest BCUT2D eigenvalue weighted by Gasteiger charge is -2.39. The highest BCUT2D eigenvalue weighted by Crippen LogP contribution is 2.29. The summed E-state index contributed by atoms with van der Waals surface area (Å²) in [5.74, 6) is 0.992. The van der Waals surface area contributed by atoms with E-state index in [1.54, 1.807) is 6.33 Å². The summed E-state index contributed by atoms with van der Waals surface area (Å²) >= 11 is 1.50. The number of likely N-dealkylation sites (N-methyl/N-ethyl adjacent to an activating group) is 1. The SMILES string of the molecule is CN1CCN(Cc2ccc(Sc3nncn3C)o2)C[C@@H]1c1ccccc1. The van der Waals surface area contributed by atoms with Gasteiger partial charge in [-0.05, 0) is 36.5 Å². The molecular formula is C19H23N5OS. The van der Waals surface area contributed by atoms with Gasteiger partial charge in [0.1, 0.15) is 12.1 Å². The molecule has 0 spiro atoms. The van der Waals surface area contributed by atoms with Crippen molar-refractivity contribution in [2.45, 2.75) is 22.8 Å². The number of furan rings is 1.